The highest BCUT2D eigenvalue weighted by Gasteiger charge is 2.27. The van der Waals surface area contributed by atoms with Crippen molar-refractivity contribution in [2.24, 2.45) is 5.92 Å². The minimum absolute atomic E-state index is 0.589. The molecule has 118 valence electrons. The average molecular weight is 290 g/mol. The van der Waals surface area contributed by atoms with Gasteiger partial charge in [-0.3, -0.25) is 0 Å². The maximum Gasteiger partial charge on any atom is 0.0713 e. The molecule has 1 aromatic carbocycles. The van der Waals surface area contributed by atoms with Gasteiger partial charge in [0.2, 0.25) is 0 Å². The van der Waals surface area contributed by atoms with E-state index in [4.69, 9.17) is 4.74 Å². The molecule has 0 amide bonds. The number of nitrogens with one attached hydrogen (secondary N) is 1. The predicted octanol–water partition coefficient (Wildman–Crippen LogP) is 3.44. The van der Waals surface area contributed by atoms with Crippen molar-refractivity contribution >= 4 is 5.69 Å². The molecule has 0 bridgehead atoms. The van der Waals surface area contributed by atoms with Gasteiger partial charge in [0, 0.05) is 38.0 Å². The van der Waals surface area contributed by atoms with E-state index in [1.54, 1.807) is 7.11 Å². The van der Waals surface area contributed by atoms with Crippen LogP contribution in [0.2, 0.25) is 0 Å². The Balaban J connectivity index is 2.14. The molecule has 1 fully saturated rings. The quantitative estimate of drug-likeness (QED) is 0.868. The van der Waals surface area contributed by atoms with E-state index in [9.17, 15) is 0 Å². The molecule has 1 aromatic rings. The fraction of sp³-hybridized carbons (Fsp3) is 0.667. The zero-order valence-corrected chi connectivity index (χ0v) is 13.9. The summed E-state index contributed by atoms with van der Waals surface area (Å²) in [6, 6.07) is 9.99. The molecule has 1 N–H and O–H groups in total. The summed E-state index contributed by atoms with van der Waals surface area (Å²) in [5, 5.41) is 3.72. The number of anilines is 1. The zero-order chi connectivity index (χ0) is 15.2. The van der Waals surface area contributed by atoms with Crippen molar-refractivity contribution in [3.8, 4) is 0 Å². The largest absolute Gasteiger partial charge is 0.380 e. The van der Waals surface area contributed by atoms with Gasteiger partial charge >= 0.3 is 0 Å². The van der Waals surface area contributed by atoms with Gasteiger partial charge in [0.15, 0.2) is 0 Å². The van der Waals surface area contributed by atoms with Crippen LogP contribution in [0.25, 0.3) is 0 Å². The molecule has 2 atom stereocenters. The first-order chi connectivity index (χ1) is 10.1. The van der Waals surface area contributed by atoms with Crippen molar-refractivity contribution in [3.63, 3.8) is 0 Å². The third-order valence-electron chi connectivity index (χ3n) is 4.28. The van der Waals surface area contributed by atoms with E-state index in [0.29, 0.717) is 18.7 Å². The van der Waals surface area contributed by atoms with Crippen LogP contribution in [0.15, 0.2) is 24.3 Å². The first kappa shape index (κ1) is 16.3. The smallest absolute Gasteiger partial charge is 0.0713 e. The predicted molar refractivity (Wildman–Crippen MR) is 89.8 cm³/mol. The summed E-state index contributed by atoms with van der Waals surface area (Å²) in [4.78, 5) is 2.59. The van der Waals surface area contributed by atoms with Gasteiger partial charge in [-0.05, 0) is 36.5 Å². The summed E-state index contributed by atoms with van der Waals surface area (Å²) in [5.41, 5.74) is 2.59. The first-order valence-corrected chi connectivity index (χ1v) is 8.22. The van der Waals surface area contributed by atoms with Crippen molar-refractivity contribution in [3.05, 3.63) is 29.8 Å². The fourth-order valence-electron chi connectivity index (χ4n) is 3.26. The van der Waals surface area contributed by atoms with Crippen LogP contribution in [0.3, 0.4) is 0 Å². The number of hydrogen-bond acceptors (Lipinski definition) is 3. The Kier molecular flexibility index (Phi) is 6.07. The summed E-state index contributed by atoms with van der Waals surface area (Å²) in [5.74, 6) is 0.738. The van der Waals surface area contributed by atoms with Gasteiger partial charge in [-0.1, -0.05) is 32.9 Å². The van der Waals surface area contributed by atoms with Crippen LogP contribution in [0.1, 0.15) is 39.2 Å². The number of hydrogen-bond donors (Lipinski definition) is 1. The third kappa shape index (κ3) is 4.45. The van der Waals surface area contributed by atoms with E-state index in [0.717, 1.165) is 19.0 Å². The van der Waals surface area contributed by atoms with Crippen LogP contribution in [-0.4, -0.2) is 32.3 Å². The van der Waals surface area contributed by atoms with Crippen LogP contribution >= 0.6 is 0 Å². The minimum Gasteiger partial charge on any atom is -0.380 e. The Labute approximate surface area is 129 Å². The van der Waals surface area contributed by atoms with Gasteiger partial charge < -0.3 is 15.0 Å². The normalized spacial score (nSPS) is 22.8. The molecule has 1 heterocycles. The molecule has 0 radical (unpaired) electrons. The molecule has 21 heavy (non-hydrogen) atoms. The number of benzene rings is 1. The summed E-state index contributed by atoms with van der Waals surface area (Å²) >= 11 is 0. The monoisotopic (exact) mass is 290 g/mol. The van der Waals surface area contributed by atoms with Crippen LogP contribution in [0.4, 0.5) is 5.69 Å². The van der Waals surface area contributed by atoms with Crippen LogP contribution in [-0.2, 0) is 11.3 Å². The first-order valence-electron chi connectivity index (χ1n) is 8.22. The van der Waals surface area contributed by atoms with Crippen LogP contribution in [0.5, 0.6) is 0 Å². The van der Waals surface area contributed by atoms with E-state index in [1.807, 2.05) is 0 Å². The Morgan fingerprint density at radius 2 is 2.19 bits per heavy atom. The lowest BCUT2D eigenvalue weighted by Crippen LogP contribution is -2.56. The number of ether oxygens (including phenoxy) is 1. The number of nitrogens with zero attached hydrogens (tertiary/aromatic N) is 1. The molecule has 0 spiro atoms. The molecule has 0 aromatic heterocycles. The zero-order valence-electron chi connectivity index (χ0n) is 13.9. The Hall–Kier alpha value is -1.06. The van der Waals surface area contributed by atoms with E-state index in [1.165, 1.54) is 24.1 Å². The number of piperazine rings is 1. The highest BCUT2D eigenvalue weighted by molar-refractivity contribution is 5.50. The molecule has 2 rings (SSSR count). The SMILES string of the molecule is CCC1CNC(CC(C)C)CN1c1cccc(COC)c1. The molecular weight excluding hydrogens is 260 g/mol. The lowest BCUT2D eigenvalue weighted by molar-refractivity contribution is 0.185. The van der Waals surface area contributed by atoms with Crippen molar-refractivity contribution < 1.29 is 4.74 Å². The van der Waals surface area contributed by atoms with Crippen molar-refractivity contribution in [1.29, 1.82) is 0 Å². The van der Waals surface area contributed by atoms with Gasteiger partial charge in [0.05, 0.1) is 6.61 Å². The standard InChI is InChI=1S/C18H30N2O/c1-5-17-11-19-16(9-14(2)3)12-20(17)18-8-6-7-15(10-18)13-21-4/h6-8,10,14,16-17,19H,5,9,11-13H2,1-4H3. The molecular formula is C18H30N2O. The van der Waals surface area contributed by atoms with Crippen molar-refractivity contribution in [1.82, 2.24) is 5.32 Å². The minimum atomic E-state index is 0.589. The Morgan fingerprint density at radius 1 is 1.38 bits per heavy atom. The molecule has 1 aliphatic heterocycles. The molecule has 1 aliphatic rings. The van der Waals surface area contributed by atoms with Gasteiger partial charge in [-0.25, -0.2) is 0 Å². The Morgan fingerprint density at radius 3 is 2.86 bits per heavy atom. The number of methoxy groups -OCH3 is 1. The Bertz CT molecular complexity index is 433. The van der Waals surface area contributed by atoms with Crippen LogP contribution in [0, 0.1) is 5.92 Å². The van der Waals surface area contributed by atoms with E-state index >= 15 is 0 Å². The molecule has 2 unspecified atom stereocenters. The average Bonchev–Trinajstić information content (AvgIpc) is 2.47. The second-order valence-corrected chi connectivity index (χ2v) is 6.55. The van der Waals surface area contributed by atoms with Gasteiger partial charge in [0.1, 0.15) is 0 Å². The second-order valence-electron chi connectivity index (χ2n) is 6.55. The second kappa shape index (κ2) is 7.81. The topological polar surface area (TPSA) is 24.5 Å². The maximum absolute atomic E-state index is 5.27. The number of rotatable bonds is 6. The van der Waals surface area contributed by atoms with E-state index < -0.39 is 0 Å². The highest BCUT2D eigenvalue weighted by atomic mass is 16.5. The molecule has 3 nitrogen and oxygen atoms in total. The lowest BCUT2D eigenvalue weighted by atomic mass is 9.98. The van der Waals surface area contributed by atoms with Gasteiger partial charge in [-0.2, -0.15) is 0 Å². The van der Waals surface area contributed by atoms with E-state index in [2.05, 4.69) is 55.3 Å². The van der Waals surface area contributed by atoms with Crippen LogP contribution < -0.4 is 10.2 Å². The third-order valence-corrected chi connectivity index (χ3v) is 4.28. The maximum atomic E-state index is 5.27. The summed E-state index contributed by atoms with van der Waals surface area (Å²) < 4.78 is 5.27. The van der Waals surface area contributed by atoms with Crippen molar-refractivity contribution in [2.45, 2.75) is 52.3 Å². The van der Waals surface area contributed by atoms with Gasteiger partial charge in [-0.15, -0.1) is 0 Å². The molecule has 0 aliphatic carbocycles. The van der Waals surface area contributed by atoms with Gasteiger partial charge in [0.25, 0.3) is 0 Å². The van der Waals surface area contributed by atoms with Crippen molar-refractivity contribution in [2.75, 3.05) is 25.1 Å². The summed E-state index contributed by atoms with van der Waals surface area (Å²) in [6.07, 6.45) is 2.42. The lowest BCUT2D eigenvalue weighted by Gasteiger charge is -2.42. The molecule has 1 saturated heterocycles. The molecule has 0 saturated carbocycles. The highest BCUT2D eigenvalue weighted by Crippen LogP contribution is 2.24. The molecule has 3 heteroatoms. The summed E-state index contributed by atoms with van der Waals surface area (Å²) in [6.45, 7) is 9.76. The summed E-state index contributed by atoms with van der Waals surface area (Å²) in [7, 11) is 1.75. The fourth-order valence-corrected chi connectivity index (χ4v) is 3.26. The van der Waals surface area contributed by atoms with E-state index in [-0.39, 0.29) is 0 Å².